The molecule has 3 aliphatic rings. The van der Waals surface area contributed by atoms with E-state index in [0.29, 0.717) is 30.5 Å². The number of amides is 1. The Morgan fingerprint density at radius 3 is 2.28 bits per heavy atom. The van der Waals surface area contributed by atoms with Crippen molar-refractivity contribution in [2.75, 3.05) is 45.8 Å². The number of aromatic nitrogens is 3. The Bertz CT molecular complexity index is 1530. The predicted octanol–water partition coefficient (Wildman–Crippen LogP) is 3.91. The van der Waals surface area contributed by atoms with Crippen molar-refractivity contribution in [1.82, 2.24) is 29.1 Å². The van der Waals surface area contributed by atoms with Crippen LogP contribution in [0.5, 0.6) is 0 Å². The van der Waals surface area contributed by atoms with E-state index in [2.05, 4.69) is 19.9 Å². The first-order valence-corrected chi connectivity index (χ1v) is 16.6. The van der Waals surface area contributed by atoms with E-state index in [1.807, 2.05) is 24.8 Å². The summed E-state index contributed by atoms with van der Waals surface area (Å²) in [6.45, 7) is 8.82. The molecule has 3 fully saturated rings. The van der Waals surface area contributed by atoms with Crippen LogP contribution in [-0.2, 0) is 10.0 Å². The maximum Gasteiger partial charge on any atom is 0.260 e. The first-order valence-electron chi connectivity index (χ1n) is 15.2. The molecule has 0 saturated carbocycles. The Hall–Kier alpha value is -3.28. The van der Waals surface area contributed by atoms with Gasteiger partial charge in [-0.05, 0) is 93.2 Å². The first-order chi connectivity index (χ1) is 20.7. The summed E-state index contributed by atoms with van der Waals surface area (Å²) in [6, 6.07) is 11.8. The number of benzene rings is 1. The molecule has 3 saturated heterocycles. The van der Waals surface area contributed by atoms with Crippen LogP contribution in [0.1, 0.15) is 52.5 Å². The summed E-state index contributed by atoms with van der Waals surface area (Å²) in [4.78, 5) is 30.3. The van der Waals surface area contributed by atoms with Crippen molar-refractivity contribution in [2.45, 2.75) is 44.1 Å². The molecule has 3 aromatic rings. The van der Waals surface area contributed by atoms with Gasteiger partial charge in [-0.1, -0.05) is 18.2 Å². The maximum absolute atomic E-state index is 14.3. The van der Waals surface area contributed by atoms with Crippen molar-refractivity contribution < 1.29 is 17.6 Å². The van der Waals surface area contributed by atoms with Crippen LogP contribution < -0.4 is 0 Å². The highest BCUT2D eigenvalue weighted by Gasteiger charge is 2.42. The number of hydrogen-bond donors (Lipinski definition) is 0. The maximum atomic E-state index is 14.3. The molecule has 0 radical (unpaired) electrons. The summed E-state index contributed by atoms with van der Waals surface area (Å²) in [5.41, 5.74) is 3.05. The third-order valence-corrected chi connectivity index (χ3v) is 11.4. The first kappa shape index (κ1) is 29.8. The molecule has 3 aliphatic heterocycles. The number of carbonyl (C=O) groups excluding carboxylic acids is 1. The minimum Gasteiger partial charge on any atom is -0.338 e. The third kappa shape index (κ3) is 6.21. The average molecular weight is 607 g/mol. The molecule has 5 heterocycles. The van der Waals surface area contributed by atoms with Crippen molar-refractivity contribution in [3.05, 3.63) is 83.3 Å². The van der Waals surface area contributed by atoms with Gasteiger partial charge < -0.3 is 9.80 Å². The van der Waals surface area contributed by atoms with Crippen LogP contribution in [0.25, 0.3) is 0 Å². The van der Waals surface area contributed by atoms with Gasteiger partial charge in [0, 0.05) is 45.5 Å². The van der Waals surface area contributed by atoms with Crippen LogP contribution in [0, 0.1) is 37.4 Å². The standard InChI is InChI=1S/C32H39FN6O3S/c1-22-31(23(2)36-21-35-22)32(40)38-19-26-17-37(18-27(26)20-38)13-11-29(25-6-5-7-28(33)16-25)24-9-14-39(15-10-24)43(41,42)30-8-3-4-12-34-30/h3-8,12,16,21,24,26-27,29H,9-11,13-15,17-20H2,1-2H3. The number of rotatable bonds is 8. The number of aryl methyl sites for hydroxylation is 2. The predicted molar refractivity (Wildman–Crippen MR) is 160 cm³/mol. The van der Waals surface area contributed by atoms with E-state index in [4.69, 9.17) is 0 Å². The van der Waals surface area contributed by atoms with Crippen molar-refractivity contribution in [3.8, 4) is 0 Å². The zero-order valence-electron chi connectivity index (χ0n) is 24.8. The number of hydrogen-bond acceptors (Lipinski definition) is 7. The summed E-state index contributed by atoms with van der Waals surface area (Å²) < 4.78 is 42.1. The summed E-state index contributed by atoms with van der Waals surface area (Å²) >= 11 is 0. The molecule has 11 heteroatoms. The van der Waals surface area contributed by atoms with E-state index in [1.54, 1.807) is 24.3 Å². The van der Waals surface area contributed by atoms with Crippen molar-refractivity contribution in [1.29, 1.82) is 0 Å². The zero-order valence-corrected chi connectivity index (χ0v) is 25.6. The Balaban J connectivity index is 1.08. The van der Waals surface area contributed by atoms with E-state index in [9.17, 15) is 17.6 Å². The van der Waals surface area contributed by atoms with Crippen LogP contribution in [0.3, 0.4) is 0 Å². The largest absolute Gasteiger partial charge is 0.338 e. The molecule has 3 unspecified atom stereocenters. The second-order valence-electron chi connectivity index (χ2n) is 12.3. The molecule has 9 nitrogen and oxygen atoms in total. The van der Waals surface area contributed by atoms with Gasteiger partial charge >= 0.3 is 0 Å². The van der Waals surface area contributed by atoms with Gasteiger partial charge in [0.1, 0.15) is 12.1 Å². The second-order valence-corrected chi connectivity index (χ2v) is 14.2. The van der Waals surface area contributed by atoms with Gasteiger partial charge in [-0.3, -0.25) is 4.79 Å². The normalized spacial score (nSPS) is 22.5. The number of carbonyl (C=O) groups is 1. The number of fused-ring (bicyclic) bond motifs is 1. The van der Waals surface area contributed by atoms with E-state index < -0.39 is 10.0 Å². The molecule has 2 aromatic heterocycles. The van der Waals surface area contributed by atoms with Crippen LogP contribution >= 0.6 is 0 Å². The highest BCUT2D eigenvalue weighted by atomic mass is 32.2. The molecule has 0 spiro atoms. The second kappa shape index (κ2) is 12.4. The molecule has 6 rings (SSSR count). The molecule has 0 aliphatic carbocycles. The van der Waals surface area contributed by atoms with E-state index in [0.717, 1.165) is 68.9 Å². The van der Waals surface area contributed by atoms with Crippen molar-refractivity contribution in [3.63, 3.8) is 0 Å². The SMILES string of the molecule is Cc1ncnc(C)c1C(=O)N1CC2CN(CCC(c3cccc(F)c3)C3CCN(S(=O)(=O)c4ccccn4)CC3)CC2C1. The van der Waals surface area contributed by atoms with Crippen LogP contribution in [0.2, 0.25) is 0 Å². The smallest absolute Gasteiger partial charge is 0.260 e. The lowest BCUT2D eigenvalue weighted by molar-refractivity contribution is 0.0771. The average Bonchev–Trinajstić information content (AvgIpc) is 3.57. The molecule has 228 valence electrons. The van der Waals surface area contributed by atoms with Gasteiger partial charge in [-0.2, -0.15) is 4.31 Å². The number of likely N-dealkylation sites (tertiary alicyclic amines) is 2. The number of nitrogens with zero attached hydrogens (tertiary/aromatic N) is 6. The van der Waals surface area contributed by atoms with Crippen LogP contribution in [0.4, 0.5) is 4.39 Å². The summed E-state index contributed by atoms with van der Waals surface area (Å²) in [5, 5.41) is 0.0809. The van der Waals surface area contributed by atoms with E-state index >= 15 is 0 Å². The lowest BCUT2D eigenvalue weighted by atomic mass is 9.78. The van der Waals surface area contributed by atoms with Gasteiger partial charge in [0.15, 0.2) is 5.03 Å². The van der Waals surface area contributed by atoms with Gasteiger partial charge in [0.05, 0.1) is 17.0 Å². The molecule has 0 bridgehead atoms. The highest BCUT2D eigenvalue weighted by molar-refractivity contribution is 7.89. The molecular formula is C32H39FN6O3S. The van der Waals surface area contributed by atoms with E-state index in [-0.39, 0.29) is 28.6 Å². The van der Waals surface area contributed by atoms with Gasteiger partial charge in [-0.25, -0.2) is 27.8 Å². The highest BCUT2D eigenvalue weighted by Crippen LogP contribution is 2.38. The Morgan fingerprint density at radius 2 is 1.65 bits per heavy atom. The molecule has 1 amide bonds. The number of piperidine rings is 1. The summed E-state index contributed by atoms with van der Waals surface area (Å²) in [6.07, 6.45) is 5.32. The van der Waals surface area contributed by atoms with Crippen molar-refractivity contribution >= 4 is 15.9 Å². The lowest BCUT2D eigenvalue weighted by Crippen LogP contribution is -2.40. The van der Waals surface area contributed by atoms with Gasteiger partial charge in [-0.15, -0.1) is 0 Å². The number of sulfonamides is 1. The zero-order chi connectivity index (χ0) is 30.1. The minimum atomic E-state index is -3.63. The van der Waals surface area contributed by atoms with Gasteiger partial charge in [0.2, 0.25) is 0 Å². The summed E-state index contributed by atoms with van der Waals surface area (Å²) in [5.74, 6) is 1.04. The Kier molecular flexibility index (Phi) is 8.57. The number of pyridine rings is 1. The van der Waals surface area contributed by atoms with E-state index in [1.165, 1.54) is 29.0 Å². The van der Waals surface area contributed by atoms with Gasteiger partial charge in [0.25, 0.3) is 15.9 Å². The fourth-order valence-electron chi connectivity index (χ4n) is 7.38. The lowest BCUT2D eigenvalue weighted by Gasteiger charge is -2.36. The molecule has 43 heavy (non-hydrogen) atoms. The fraction of sp³-hybridized carbons (Fsp3) is 0.500. The fourth-order valence-corrected chi connectivity index (χ4v) is 8.78. The molecule has 1 aromatic carbocycles. The van der Waals surface area contributed by atoms with Crippen LogP contribution in [-0.4, -0.2) is 89.2 Å². The monoisotopic (exact) mass is 606 g/mol. The molecule has 0 N–H and O–H groups in total. The Labute approximate surface area is 253 Å². The quantitative estimate of drug-likeness (QED) is 0.384. The molecular weight excluding hydrogens is 567 g/mol. The summed E-state index contributed by atoms with van der Waals surface area (Å²) in [7, 11) is -3.63. The Morgan fingerprint density at radius 1 is 0.953 bits per heavy atom. The number of halogens is 1. The molecule has 3 atom stereocenters. The minimum absolute atomic E-state index is 0.0270. The topological polar surface area (TPSA) is 99.6 Å². The van der Waals surface area contributed by atoms with Crippen molar-refractivity contribution in [2.24, 2.45) is 17.8 Å². The van der Waals surface area contributed by atoms with Crippen LogP contribution in [0.15, 0.2) is 60.0 Å². The third-order valence-electron chi connectivity index (χ3n) is 9.63.